The molecule has 0 saturated heterocycles. The van der Waals surface area contributed by atoms with Crippen molar-refractivity contribution in [2.24, 2.45) is 5.41 Å². The average Bonchev–Trinajstić information content (AvgIpc) is 3.16. The first kappa shape index (κ1) is 39.6. The SMILES string of the molecule is C=C(C)C(=O)OCCCc1cc(-c2ccc(-c3ccc(-c4ccc(CCCCC)cc4)c(CC)c3)cc2CC)ccc1OCCC(C)(CO)CO. The van der Waals surface area contributed by atoms with Gasteiger partial charge in [0.25, 0.3) is 0 Å². The normalized spacial score (nSPS) is 11.4. The monoisotopic (exact) mass is 690 g/mol. The minimum absolute atomic E-state index is 0.112. The van der Waals surface area contributed by atoms with Crippen LogP contribution < -0.4 is 4.74 Å². The Hall–Kier alpha value is -4.19. The topological polar surface area (TPSA) is 76.0 Å². The summed E-state index contributed by atoms with van der Waals surface area (Å²) in [7, 11) is 0. The number of benzene rings is 4. The molecule has 272 valence electrons. The molecular formula is C46H58O5. The standard InChI is InChI=1S/C46H58O5/c1-7-10-11-13-34-15-17-37(18-16-34)42-22-19-38(28-35(42)8-2)39-20-23-43(36(9-3)29-39)40-21-24-44(50-27-25-46(6,31-47)32-48)41(30-40)14-12-26-51-45(49)33(4)5/h15-24,28-30,47-48H,4,7-14,25-27,31-32H2,1-3,5-6H3. The van der Waals surface area contributed by atoms with E-state index in [1.165, 1.54) is 63.8 Å². The maximum absolute atomic E-state index is 11.9. The first-order valence-electron chi connectivity index (χ1n) is 18.8. The summed E-state index contributed by atoms with van der Waals surface area (Å²) in [6.07, 6.45) is 8.59. The van der Waals surface area contributed by atoms with Crippen LogP contribution in [0.15, 0.2) is 91.0 Å². The summed E-state index contributed by atoms with van der Waals surface area (Å²) in [5, 5.41) is 19.5. The maximum Gasteiger partial charge on any atom is 0.333 e. The molecule has 0 bridgehead atoms. The van der Waals surface area contributed by atoms with E-state index < -0.39 is 5.41 Å². The van der Waals surface area contributed by atoms with E-state index in [1.54, 1.807) is 6.92 Å². The second kappa shape index (κ2) is 19.4. The quantitative estimate of drug-likeness (QED) is 0.0548. The Bertz CT molecular complexity index is 1730. The number of esters is 1. The Balaban J connectivity index is 1.58. The average molecular weight is 691 g/mol. The minimum atomic E-state index is -0.605. The molecule has 0 unspecified atom stereocenters. The van der Waals surface area contributed by atoms with Crippen LogP contribution in [0.1, 0.15) is 89.0 Å². The predicted octanol–water partition coefficient (Wildman–Crippen LogP) is 10.4. The number of hydrogen-bond donors (Lipinski definition) is 2. The number of aryl methyl sites for hydroxylation is 4. The van der Waals surface area contributed by atoms with Crippen molar-refractivity contribution in [3.05, 3.63) is 113 Å². The highest BCUT2D eigenvalue weighted by atomic mass is 16.5. The number of rotatable bonds is 20. The summed E-state index contributed by atoms with van der Waals surface area (Å²) < 4.78 is 11.6. The van der Waals surface area contributed by atoms with Gasteiger partial charge in [0.15, 0.2) is 0 Å². The largest absolute Gasteiger partial charge is 0.493 e. The summed E-state index contributed by atoms with van der Waals surface area (Å²) in [5.41, 5.74) is 12.1. The molecule has 0 heterocycles. The van der Waals surface area contributed by atoms with Crippen molar-refractivity contribution in [2.45, 2.75) is 92.4 Å². The highest BCUT2D eigenvalue weighted by molar-refractivity contribution is 5.86. The van der Waals surface area contributed by atoms with E-state index in [0.29, 0.717) is 38.0 Å². The zero-order chi connectivity index (χ0) is 36.8. The van der Waals surface area contributed by atoms with E-state index in [-0.39, 0.29) is 19.2 Å². The van der Waals surface area contributed by atoms with Crippen molar-refractivity contribution in [3.63, 3.8) is 0 Å². The van der Waals surface area contributed by atoms with Gasteiger partial charge in [-0.05, 0) is 120 Å². The number of aliphatic hydroxyl groups is 2. The van der Waals surface area contributed by atoms with Crippen LogP contribution in [0.4, 0.5) is 0 Å². The van der Waals surface area contributed by atoms with E-state index in [4.69, 9.17) is 9.47 Å². The molecule has 5 heteroatoms. The van der Waals surface area contributed by atoms with Crippen LogP contribution in [-0.2, 0) is 35.2 Å². The first-order valence-corrected chi connectivity index (χ1v) is 18.8. The van der Waals surface area contributed by atoms with Crippen LogP contribution in [0, 0.1) is 5.41 Å². The molecule has 4 aromatic rings. The minimum Gasteiger partial charge on any atom is -0.493 e. The molecule has 0 saturated carbocycles. The van der Waals surface area contributed by atoms with Gasteiger partial charge in [0, 0.05) is 11.0 Å². The lowest BCUT2D eigenvalue weighted by molar-refractivity contribution is -0.139. The van der Waals surface area contributed by atoms with Gasteiger partial charge in [-0.2, -0.15) is 0 Å². The smallest absolute Gasteiger partial charge is 0.333 e. The van der Waals surface area contributed by atoms with E-state index in [2.05, 4.69) is 100 Å². The summed E-state index contributed by atoms with van der Waals surface area (Å²) in [5.74, 6) is 0.379. The zero-order valence-corrected chi connectivity index (χ0v) is 31.5. The molecule has 2 N–H and O–H groups in total. The van der Waals surface area contributed by atoms with Crippen LogP contribution in [0.5, 0.6) is 5.75 Å². The Morgan fingerprint density at radius 2 is 1.25 bits per heavy atom. The lowest BCUT2D eigenvalue weighted by atomic mass is 9.89. The Morgan fingerprint density at radius 1 is 0.686 bits per heavy atom. The predicted molar refractivity (Wildman–Crippen MR) is 211 cm³/mol. The molecule has 51 heavy (non-hydrogen) atoms. The molecular weight excluding hydrogens is 633 g/mol. The highest BCUT2D eigenvalue weighted by Gasteiger charge is 2.22. The second-order valence-corrected chi connectivity index (χ2v) is 14.2. The van der Waals surface area contributed by atoms with Crippen LogP contribution >= 0.6 is 0 Å². The van der Waals surface area contributed by atoms with Gasteiger partial charge < -0.3 is 19.7 Å². The Morgan fingerprint density at radius 3 is 1.82 bits per heavy atom. The van der Waals surface area contributed by atoms with Crippen LogP contribution in [0.2, 0.25) is 0 Å². The molecule has 0 amide bonds. The molecule has 4 rings (SSSR count). The Kier molecular flexibility index (Phi) is 15.1. The third-order valence-corrected chi connectivity index (χ3v) is 9.91. The van der Waals surface area contributed by atoms with Crippen molar-refractivity contribution in [3.8, 4) is 39.1 Å². The fourth-order valence-corrected chi connectivity index (χ4v) is 6.37. The van der Waals surface area contributed by atoms with Crippen molar-refractivity contribution >= 4 is 5.97 Å². The lowest BCUT2D eigenvalue weighted by Crippen LogP contribution is -2.28. The summed E-state index contributed by atoms with van der Waals surface area (Å²) in [4.78, 5) is 11.9. The fourth-order valence-electron chi connectivity index (χ4n) is 6.37. The van der Waals surface area contributed by atoms with Crippen LogP contribution in [0.25, 0.3) is 33.4 Å². The van der Waals surface area contributed by atoms with Crippen molar-refractivity contribution in [2.75, 3.05) is 26.4 Å². The molecule has 0 fully saturated rings. The molecule has 0 spiro atoms. The summed E-state index contributed by atoms with van der Waals surface area (Å²) >= 11 is 0. The summed E-state index contributed by atoms with van der Waals surface area (Å²) in [6, 6.07) is 29.1. The van der Waals surface area contributed by atoms with Gasteiger partial charge in [0.2, 0.25) is 0 Å². The van der Waals surface area contributed by atoms with Gasteiger partial charge >= 0.3 is 5.97 Å². The van der Waals surface area contributed by atoms with Crippen molar-refractivity contribution < 1.29 is 24.5 Å². The molecule has 5 nitrogen and oxygen atoms in total. The fraction of sp³-hybridized carbons (Fsp3) is 0.413. The van der Waals surface area contributed by atoms with E-state index in [1.807, 2.05) is 13.0 Å². The molecule has 4 aromatic carbocycles. The number of unbranched alkanes of at least 4 members (excludes halogenated alkanes) is 2. The van der Waals surface area contributed by atoms with Gasteiger partial charge in [0.1, 0.15) is 5.75 Å². The lowest BCUT2D eigenvalue weighted by Gasteiger charge is -2.24. The van der Waals surface area contributed by atoms with Crippen LogP contribution in [0.3, 0.4) is 0 Å². The van der Waals surface area contributed by atoms with Crippen LogP contribution in [-0.4, -0.2) is 42.6 Å². The van der Waals surface area contributed by atoms with E-state index >= 15 is 0 Å². The van der Waals surface area contributed by atoms with Gasteiger partial charge in [-0.1, -0.05) is 114 Å². The molecule has 0 radical (unpaired) electrons. The number of ether oxygens (including phenoxy) is 2. The highest BCUT2D eigenvalue weighted by Crippen LogP contribution is 2.35. The number of aliphatic hydroxyl groups excluding tert-OH is 2. The van der Waals surface area contributed by atoms with E-state index in [9.17, 15) is 15.0 Å². The number of carbonyl (C=O) groups excluding carboxylic acids is 1. The first-order chi connectivity index (χ1) is 24.6. The molecule has 0 aliphatic heterocycles. The number of carbonyl (C=O) groups is 1. The summed E-state index contributed by atoms with van der Waals surface area (Å²) in [6.45, 7) is 14.3. The maximum atomic E-state index is 11.9. The molecule has 0 atom stereocenters. The zero-order valence-electron chi connectivity index (χ0n) is 31.5. The molecule has 0 aromatic heterocycles. The Labute approximate surface area is 306 Å². The van der Waals surface area contributed by atoms with Gasteiger partial charge in [-0.3, -0.25) is 0 Å². The molecule has 0 aliphatic rings. The van der Waals surface area contributed by atoms with Gasteiger partial charge in [-0.25, -0.2) is 4.79 Å². The molecule has 0 aliphatic carbocycles. The second-order valence-electron chi connectivity index (χ2n) is 14.2. The van der Waals surface area contributed by atoms with Crippen molar-refractivity contribution in [1.82, 2.24) is 0 Å². The van der Waals surface area contributed by atoms with Crippen molar-refractivity contribution in [1.29, 1.82) is 0 Å². The third kappa shape index (κ3) is 10.9. The van der Waals surface area contributed by atoms with E-state index in [0.717, 1.165) is 36.1 Å². The van der Waals surface area contributed by atoms with Gasteiger partial charge in [0.05, 0.1) is 26.4 Å². The van der Waals surface area contributed by atoms with Gasteiger partial charge in [-0.15, -0.1) is 0 Å². The third-order valence-electron chi connectivity index (χ3n) is 9.91. The number of hydrogen-bond acceptors (Lipinski definition) is 5.